The van der Waals surface area contributed by atoms with Crippen molar-refractivity contribution in [3.05, 3.63) is 0 Å². The van der Waals surface area contributed by atoms with Gasteiger partial charge in [-0.05, 0) is 67.6 Å². The van der Waals surface area contributed by atoms with Gasteiger partial charge in [0.25, 0.3) is 0 Å². The highest BCUT2D eigenvalue weighted by atomic mass is 16.5. The van der Waals surface area contributed by atoms with Crippen molar-refractivity contribution in [3.63, 3.8) is 0 Å². The van der Waals surface area contributed by atoms with Crippen LogP contribution in [0.3, 0.4) is 0 Å². The van der Waals surface area contributed by atoms with Crippen molar-refractivity contribution in [2.45, 2.75) is 84.0 Å². The summed E-state index contributed by atoms with van der Waals surface area (Å²) in [6.07, 6.45) is 9.58. The van der Waals surface area contributed by atoms with Crippen LogP contribution in [0.25, 0.3) is 0 Å². The average molecular weight is 309 g/mol. The van der Waals surface area contributed by atoms with Gasteiger partial charge in [0.1, 0.15) is 5.78 Å². The molecule has 0 spiro atoms. The highest BCUT2D eigenvalue weighted by Crippen LogP contribution is 2.75. The molecule has 0 aromatic heterocycles. The van der Waals surface area contributed by atoms with Crippen LogP contribution in [-0.4, -0.2) is 21.9 Å². The normalized spacial score (nSPS) is 40.6. The second-order valence-electron chi connectivity index (χ2n) is 8.67. The zero-order valence-electron chi connectivity index (χ0n) is 14.0. The molecule has 3 atom stereocenters. The first-order valence-electron chi connectivity index (χ1n) is 8.90. The Balaban J connectivity index is 1.77. The smallest absolute Gasteiger partial charge is 0.219 e. The average Bonchev–Trinajstić information content (AvgIpc) is 3.12. The van der Waals surface area contributed by atoms with E-state index >= 15 is 0 Å². The molecule has 3 saturated carbocycles. The van der Waals surface area contributed by atoms with Gasteiger partial charge in [-0.25, -0.2) is 0 Å². The summed E-state index contributed by atoms with van der Waals surface area (Å²) < 4.78 is 0. The van der Waals surface area contributed by atoms with E-state index in [2.05, 4.69) is 13.8 Å². The Morgan fingerprint density at radius 1 is 1.23 bits per heavy atom. The Morgan fingerprint density at radius 3 is 2.50 bits per heavy atom. The number of hydrogen-bond donors (Lipinski definition) is 3. The van der Waals surface area contributed by atoms with E-state index in [1.807, 2.05) is 0 Å². The Hall–Kier alpha value is -0.450. The van der Waals surface area contributed by atoms with Gasteiger partial charge < -0.3 is 10.2 Å². The summed E-state index contributed by atoms with van der Waals surface area (Å²) in [5.41, 5.74) is 5.93. The van der Waals surface area contributed by atoms with Crippen LogP contribution >= 0.6 is 0 Å². The molecule has 1 unspecified atom stereocenters. The van der Waals surface area contributed by atoms with E-state index in [0.717, 1.165) is 38.5 Å². The molecule has 3 aliphatic rings. The van der Waals surface area contributed by atoms with Gasteiger partial charge in [0, 0.05) is 18.8 Å². The van der Waals surface area contributed by atoms with Gasteiger partial charge in [-0.15, -0.1) is 0 Å². The van der Waals surface area contributed by atoms with Crippen molar-refractivity contribution in [1.29, 1.82) is 0 Å². The first-order chi connectivity index (χ1) is 10.1. The van der Waals surface area contributed by atoms with E-state index in [1.54, 1.807) is 0 Å². The van der Waals surface area contributed by atoms with Gasteiger partial charge in [-0.1, -0.05) is 13.8 Å². The number of carbonyl (C=O) groups is 1. The van der Waals surface area contributed by atoms with Crippen LogP contribution in [0.15, 0.2) is 0 Å². The summed E-state index contributed by atoms with van der Waals surface area (Å²) in [6.45, 7) is 4.76. The maximum Gasteiger partial charge on any atom is 0.219 e. The Kier molecular flexibility index (Phi) is 3.75. The van der Waals surface area contributed by atoms with Crippen LogP contribution in [0, 0.1) is 22.2 Å². The molecule has 3 rings (SSSR count). The number of nitrogens with two attached hydrogens (primary N) is 1. The third-order valence-electron chi connectivity index (χ3n) is 7.69. The highest BCUT2D eigenvalue weighted by molar-refractivity contribution is 5.83. The molecular formula is C18H31NO3. The third kappa shape index (κ3) is 2.35. The van der Waals surface area contributed by atoms with Crippen LogP contribution in [-0.2, 0) is 4.79 Å². The molecule has 0 bridgehead atoms. The molecule has 4 heteroatoms. The van der Waals surface area contributed by atoms with Crippen molar-refractivity contribution in [2.24, 2.45) is 27.9 Å². The molecule has 0 heterocycles. The van der Waals surface area contributed by atoms with Gasteiger partial charge in [0.2, 0.25) is 5.91 Å². The minimum Gasteiger partial charge on any atom is -0.354 e. The van der Waals surface area contributed by atoms with Gasteiger partial charge in [-0.2, -0.15) is 0 Å². The minimum atomic E-state index is -2.04. The maximum atomic E-state index is 12.4. The molecule has 4 N–H and O–H groups in total. The van der Waals surface area contributed by atoms with E-state index in [1.165, 1.54) is 19.3 Å². The first-order valence-corrected chi connectivity index (χ1v) is 8.90. The van der Waals surface area contributed by atoms with Crippen LogP contribution < -0.4 is 5.73 Å². The molecule has 0 aromatic rings. The number of hydrogen-bond acceptors (Lipinski definition) is 4. The molecule has 0 radical (unpaired) electrons. The molecule has 0 aromatic carbocycles. The van der Waals surface area contributed by atoms with E-state index in [0.29, 0.717) is 11.2 Å². The van der Waals surface area contributed by atoms with Crippen molar-refractivity contribution in [3.8, 4) is 0 Å². The summed E-state index contributed by atoms with van der Waals surface area (Å²) in [7, 11) is 0. The summed E-state index contributed by atoms with van der Waals surface area (Å²) in [6, 6.07) is 0. The molecule has 0 aliphatic heterocycles. The highest BCUT2D eigenvalue weighted by Gasteiger charge is 2.68. The number of rotatable bonds is 5. The Bertz CT molecular complexity index is 465. The molecule has 4 nitrogen and oxygen atoms in total. The molecule has 126 valence electrons. The SMILES string of the molecule is C[C@]12CCCC(=O)C1CC[C@]2(C)C1(CCCC(N)(O)O)CC1. The number of carbonyl (C=O) groups excluding carboxylic acids is 1. The lowest BCUT2D eigenvalue weighted by molar-refractivity contribution is -0.162. The van der Waals surface area contributed by atoms with E-state index in [4.69, 9.17) is 5.73 Å². The monoisotopic (exact) mass is 309 g/mol. The van der Waals surface area contributed by atoms with Crippen LogP contribution in [0.5, 0.6) is 0 Å². The molecular weight excluding hydrogens is 278 g/mol. The second-order valence-corrected chi connectivity index (χ2v) is 8.67. The maximum absolute atomic E-state index is 12.4. The second kappa shape index (κ2) is 5.02. The Morgan fingerprint density at radius 2 is 1.91 bits per heavy atom. The quantitative estimate of drug-likeness (QED) is 0.682. The predicted octanol–water partition coefficient (Wildman–Crippen LogP) is 2.71. The summed E-state index contributed by atoms with van der Waals surface area (Å²) in [5, 5.41) is 18.7. The van der Waals surface area contributed by atoms with Gasteiger partial charge in [0.15, 0.2) is 0 Å². The van der Waals surface area contributed by atoms with Gasteiger partial charge in [-0.3, -0.25) is 10.5 Å². The standard InChI is InChI=1S/C18H31NO3/c1-15-7-3-5-14(20)13(15)6-10-16(15,2)17(11-12-17)8-4-9-18(19,21)22/h13,21-22H,3-12,19H2,1-2H3/t13?,15-,16-/m0/s1. The fourth-order valence-corrected chi connectivity index (χ4v) is 5.98. The summed E-state index contributed by atoms with van der Waals surface area (Å²) >= 11 is 0. The lowest BCUT2D eigenvalue weighted by Crippen LogP contribution is -2.47. The van der Waals surface area contributed by atoms with E-state index < -0.39 is 5.91 Å². The Labute approximate surface area is 133 Å². The minimum absolute atomic E-state index is 0.136. The van der Waals surface area contributed by atoms with Crippen LogP contribution in [0.4, 0.5) is 0 Å². The van der Waals surface area contributed by atoms with E-state index in [-0.39, 0.29) is 23.2 Å². The molecule has 0 saturated heterocycles. The molecule has 0 amide bonds. The molecule has 3 fully saturated rings. The lowest BCUT2D eigenvalue weighted by atomic mass is 9.52. The van der Waals surface area contributed by atoms with Crippen LogP contribution in [0.1, 0.15) is 78.1 Å². The van der Waals surface area contributed by atoms with Crippen molar-refractivity contribution in [1.82, 2.24) is 0 Å². The van der Waals surface area contributed by atoms with Crippen LogP contribution in [0.2, 0.25) is 0 Å². The summed E-state index contributed by atoms with van der Waals surface area (Å²) in [5.74, 6) is -1.30. The van der Waals surface area contributed by atoms with Crippen molar-refractivity contribution < 1.29 is 15.0 Å². The summed E-state index contributed by atoms with van der Waals surface area (Å²) in [4.78, 5) is 12.4. The van der Waals surface area contributed by atoms with Crippen molar-refractivity contribution in [2.75, 3.05) is 0 Å². The first kappa shape index (κ1) is 16.4. The fraction of sp³-hybridized carbons (Fsp3) is 0.944. The topological polar surface area (TPSA) is 83.6 Å². The third-order valence-corrected chi connectivity index (χ3v) is 7.69. The zero-order valence-corrected chi connectivity index (χ0v) is 14.0. The lowest BCUT2D eigenvalue weighted by Gasteiger charge is -2.51. The number of fused-ring (bicyclic) bond motifs is 1. The number of Topliss-reactive ketones (excluding diaryl/α,β-unsaturated/α-hetero) is 1. The zero-order chi connectivity index (χ0) is 16.2. The molecule has 3 aliphatic carbocycles. The number of ketones is 1. The van der Waals surface area contributed by atoms with Gasteiger partial charge >= 0.3 is 0 Å². The number of aliphatic hydroxyl groups is 2. The van der Waals surface area contributed by atoms with Gasteiger partial charge in [0.05, 0.1) is 0 Å². The largest absolute Gasteiger partial charge is 0.354 e. The van der Waals surface area contributed by atoms with Crippen molar-refractivity contribution >= 4 is 5.78 Å². The van der Waals surface area contributed by atoms with E-state index in [9.17, 15) is 15.0 Å². The molecule has 22 heavy (non-hydrogen) atoms. The predicted molar refractivity (Wildman–Crippen MR) is 84.7 cm³/mol. The fourth-order valence-electron chi connectivity index (χ4n) is 5.98.